The molecule has 14 heavy (non-hydrogen) atoms. The van der Waals surface area contributed by atoms with Gasteiger partial charge in [-0.15, -0.1) is 0 Å². The first-order valence-corrected chi connectivity index (χ1v) is 4.72. The smallest absolute Gasteiger partial charge is 0.328 e. The molecular formula is C9H16N2O3. The molecule has 1 atom stereocenters. The Morgan fingerprint density at radius 1 is 1.64 bits per heavy atom. The van der Waals surface area contributed by atoms with E-state index in [4.69, 9.17) is 4.74 Å². The van der Waals surface area contributed by atoms with Gasteiger partial charge in [0, 0.05) is 19.5 Å². The van der Waals surface area contributed by atoms with Crippen LogP contribution in [0.2, 0.25) is 0 Å². The highest BCUT2D eigenvalue weighted by Crippen LogP contribution is 2.06. The Balaban J connectivity index is 2.44. The summed E-state index contributed by atoms with van der Waals surface area (Å²) in [5.41, 5.74) is 0. The summed E-state index contributed by atoms with van der Waals surface area (Å²) in [4.78, 5) is 24.1. The summed E-state index contributed by atoms with van der Waals surface area (Å²) in [5.74, 6) is -0.337. The molecule has 1 aliphatic rings. The van der Waals surface area contributed by atoms with Gasteiger partial charge in [-0.2, -0.15) is 0 Å². The molecule has 80 valence electrons. The summed E-state index contributed by atoms with van der Waals surface area (Å²) in [6.07, 6.45) is 0.566. The molecule has 1 N–H and O–H groups in total. The second kappa shape index (κ2) is 4.30. The minimum atomic E-state index is -0.469. The van der Waals surface area contributed by atoms with Crippen LogP contribution < -0.4 is 5.32 Å². The van der Waals surface area contributed by atoms with E-state index in [1.807, 2.05) is 13.8 Å². The minimum Gasteiger partial charge on any atom is -0.464 e. The maximum absolute atomic E-state index is 11.5. The predicted molar refractivity (Wildman–Crippen MR) is 50.8 cm³/mol. The zero-order valence-electron chi connectivity index (χ0n) is 8.74. The molecule has 0 radical (unpaired) electrons. The number of carbonyl (C=O) groups excluding carboxylic acids is 2. The van der Waals surface area contributed by atoms with Gasteiger partial charge < -0.3 is 15.0 Å². The minimum absolute atomic E-state index is 0.118. The highest BCUT2D eigenvalue weighted by Gasteiger charge is 2.29. The summed E-state index contributed by atoms with van der Waals surface area (Å²) in [6.45, 7) is 4.22. The van der Waals surface area contributed by atoms with Crippen molar-refractivity contribution in [3.63, 3.8) is 0 Å². The van der Waals surface area contributed by atoms with Crippen LogP contribution in [0.5, 0.6) is 0 Å². The van der Waals surface area contributed by atoms with Gasteiger partial charge in [-0.05, 0) is 13.8 Å². The van der Waals surface area contributed by atoms with Gasteiger partial charge >= 0.3 is 12.0 Å². The van der Waals surface area contributed by atoms with Gasteiger partial charge in [-0.25, -0.2) is 9.59 Å². The van der Waals surface area contributed by atoms with Gasteiger partial charge in [0.15, 0.2) is 0 Å². The summed E-state index contributed by atoms with van der Waals surface area (Å²) in [7, 11) is 1.69. The number of urea groups is 1. The van der Waals surface area contributed by atoms with Crippen molar-refractivity contribution in [2.24, 2.45) is 0 Å². The molecule has 1 aliphatic heterocycles. The first-order valence-electron chi connectivity index (χ1n) is 4.72. The molecule has 0 spiro atoms. The number of rotatable bonds is 2. The summed E-state index contributed by atoms with van der Waals surface area (Å²) >= 11 is 0. The van der Waals surface area contributed by atoms with Crippen LogP contribution in [-0.4, -0.2) is 42.6 Å². The van der Waals surface area contributed by atoms with Crippen LogP contribution in [0.15, 0.2) is 0 Å². The van der Waals surface area contributed by atoms with Gasteiger partial charge in [0.25, 0.3) is 0 Å². The molecule has 0 bridgehead atoms. The van der Waals surface area contributed by atoms with E-state index in [1.54, 1.807) is 11.9 Å². The number of cyclic esters (lactones) is 1. The van der Waals surface area contributed by atoms with Crippen LogP contribution in [0.3, 0.4) is 0 Å². The van der Waals surface area contributed by atoms with Gasteiger partial charge in [0.05, 0.1) is 6.61 Å². The highest BCUT2D eigenvalue weighted by atomic mass is 16.5. The van der Waals surface area contributed by atoms with E-state index in [9.17, 15) is 9.59 Å². The standard InChI is InChI=1S/C9H16N2O3/c1-6(2)11(3)9(13)10-7-4-5-14-8(7)12/h6-7H,4-5H2,1-3H3,(H,10,13)/t7-/m0/s1. The molecule has 0 unspecified atom stereocenters. The molecule has 1 heterocycles. The topological polar surface area (TPSA) is 58.6 Å². The van der Waals surface area contributed by atoms with E-state index in [0.29, 0.717) is 13.0 Å². The fourth-order valence-corrected chi connectivity index (χ4v) is 1.11. The molecule has 1 fully saturated rings. The van der Waals surface area contributed by atoms with Crippen molar-refractivity contribution in [3.8, 4) is 0 Å². The third kappa shape index (κ3) is 2.37. The first-order chi connectivity index (χ1) is 6.52. The van der Waals surface area contributed by atoms with E-state index in [0.717, 1.165) is 0 Å². The number of hydrogen-bond donors (Lipinski definition) is 1. The Morgan fingerprint density at radius 2 is 2.29 bits per heavy atom. The number of carbonyl (C=O) groups is 2. The molecule has 5 nitrogen and oxygen atoms in total. The molecule has 0 aromatic rings. The van der Waals surface area contributed by atoms with Crippen LogP contribution in [0.25, 0.3) is 0 Å². The van der Waals surface area contributed by atoms with Crippen molar-refractivity contribution in [2.75, 3.05) is 13.7 Å². The molecule has 1 saturated heterocycles. The van der Waals surface area contributed by atoms with Crippen LogP contribution in [0.1, 0.15) is 20.3 Å². The monoisotopic (exact) mass is 200 g/mol. The summed E-state index contributed by atoms with van der Waals surface area (Å²) < 4.78 is 4.73. The number of esters is 1. The van der Waals surface area contributed by atoms with Crippen molar-refractivity contribution in [1.82, 2.24) is 10.2 Å². The molecule has 2 amide bonds. The summed E-state index contributed by atoms with van der Waals surface area (Å²) in [5, 5.41) is 2.62. The van der Waals surface area contributed by atoms with Crippen molar-refractivity contribution in [3.05, 3.63) is 0 Å². The Labute approximate surface area is 83.4 Å². The highest BCUT2D eigenvalue weighted by molar-refractivity contribution is 5.84. The molecule has 0 aromatic carbocycles. The van der Waals surface area contributed by atoms with E-state index >= 15 is 0 Å². The molecule has 0 aromatic heterocycles. The number of nitrogens with one attached hydrogen (secondary N) is 1. The van der Waals surface area contributed by atoms with Crippen LogP contribution >= 0.6 is 0 Å². The van der Waals surface area contributed by atoms with Crippen molar-refractivity contribution < 1.29 is 14.3 Å². The summed E-state index contributed by atoms with van der Waals surface area (Å²) in [6, 6.07) is -0.583. The Kier molecular flexibility index (Phi) is 3.33. The van der Waals surface area contributed by atoms with Gasteiger partial charge in [-0.1, -0.05) is 0 Å². The van der Waals surface area contributed by atoms with E-state index in [2.05, 4.69) is 5.32 Å². The number of ether oxygens (including phenoxy) is 1. The van der Waals surface area contributed by atoms with Crippen LogP contribution in [0.4, 0.5) is 4.79 Å². The fraction of sp³-hybridized carbons (Fsp3) is 0.778. The third-order valence-electron chi connectivity index (χ3n) is 2.33. The lowest BCUT2D eigenvalue weighted by molar-refractivity contribution is -0.139. The van der Waals surface area contributed by atoms with Crippen LogP contribution in [-0.2, 0) is 9.53 Å². The van der Waals surface area contributed by atoms with E-state index < -0.39 is 6.04 Å². The molecule has 0 aliphatic carbocycles. The van der Waals surface area contributed by atoms with Gasteiger partial charge in [0.2, 0.25) is 0 Å². The molecule has 0 saturated carbocycles. The SMILES string of the molecule is CC(C)N(C)C(=O)N[C@H]1CCOC1=O. The van der Waals surface area contributed by atoms with Gasteiger partial charge in [-0.3, -0.25) is 0 Å². The maximum Gasteiger partial charge on any atom is 0.328 e. The van der Waals surface area contributed by atoms with E-state index in [1.165, 1.54) is 0 Å². The number of hydrogen-bond acceptors (Lipinski definition) is 3. The maximum atomic E-state index is 11.5. The van der Waals surface area contributed by atoms with Gasteiger partial charge in [0.1, 0.15) is 6.04 Å². The lowest BCUT2D eigenvalue weighted by Crippen LogP contribution is -2.47. The van der Waals surface area contributed by atoms with Crippen LogP contribution in [0, 0.1) is 0 Å². The normalized spacial score (nSPS) is 20.9. The molecular weight excluding hydrogens is 184 g/mol. The Morgan fingerprint density at radius 3 is 2.71 bits per heavy atom. The zero-order chi connectivity index (χ0) is 10.7. The second-order valence-electron chi connectivity index (χ2n) is 3.66. The predicted octanol–water partition coefficient (Wildman–Crippen LogP) is 0.352. The van der Waals surface area contributed by atoms with Crippen molar-refractivity contribution >= 4 is 12.0 Å². The lowest BCUT2D eigenvalue weighted by Gasteiger charge is -2.22. The Hall–Kier alpha value is -1.26. The third-order valence-corrected chi connectivity index (χ3v) is 2.33. The van der Waals surface area contributed by atoms with E-state index in [-0.39, 0.29) is 18.0 Å². The molecule has 5 heteroatoms. The average Bonchev–Trinajstić information content (AvgIpc) is 2.50. The van der Waals surface area contributed by atoms with Crippen molar-refractivity contribution in [2.45, 2.75) is 32.4 Å². The number of amides is 2. The average molecular weight is 200 g/mol. The number of nitrogens with zero attached hydrogens (tertiary/aromatic N) is 1. The fourth-order valence-electron chi connectivity index (χ4n) is 1.11. The zero-order valence-corrected chi connectivity index (χ0v) is 8.74. The Bertz CT molecular complexity index is 240. The largest absolute Gasteiger partial charge is 0.464 e. The van der Waals surface area contributed by atoms with Crippen molar-refractivity contribution in [1.29, 1.82) is 0 Å². The molecule has 1 rings (SSSR count). The second-order valence-corrected chi connectivity index (χ2v) is 3.66. The quantitative estimate of drug-likeness (QED) is 0.654. The first kappa shape index (κ1) is 10.8. The lowest BCUT2D eigenvalue weighted by atomic mass is 10.2.